The van der Waals surface area contributed by atoms with E-state index in [1.807, 2.05) is 12.1 Å². The van der Waals surface area contributed by atoms with Gasteiger partial charge in [0.15, 0.2) is 0 Å². The molecule has 1 unspecified atom stereocenters. The molecule has 0 amide bonds. The molecule has 0 radical (unpaired) electrons. The monoisotopic (exact) mass is 283 g/mol. The number of methoxy groups -OCH3 is 1. The maximum absolute atomic E-state index is 11.4. The van der Waals surface area contributed by atoms with Crippen LogP contribution < -0.4 is 5.73 Å². The summed E-state index contributed by atoms with van der Waals surface area (Å²) < 4.78 is 4.68. The molecule has 0 saturated carbocycles. The van der Waals surface area contributed by atoms with E-state index < -0.39 is 0 Å². The molecule has 1 atom stereocenters. The SMILES string of the molecule is COC(=O)CC(N)c1cccc(-c2c(C)cccc2C)c1. The number of benzene rings is 2. The van der Waals surface area contributed by atoms with Gasteiger partial charge >= 0.3 is 5.97 Å². The minimum Gasteiger partial charge on any atom is -0.469 e. The lowest BCUT2D eigenvalue weighted by molar-refractivity contribution is -0.141. The van der Waals surface area contributed by atoms with Crippen molar-refractivity contribution < 1.29 is 9.53 Å². The van der Waals surface area contributed by atoms with Gasteiger partial charge in [0.05, 0.1) is 13.5 Å². The van der Waals surface area contributed by atoms with Gasteiger partial charge in [0.1, 0.15) is 0 Å². The standard InChI is InChI=1S/C18H21NO2/c1-12-6-4-7-13(2)18(12)15-9-5-8-14(10-15)16(19)11-17(20)21-3/h4-10,16H,11,19H2,1-3H3. The number of esters is 1. The molecule has 2 aromatic rings. The predicted octanol–water partition coefficient (Wildman–Crippen LogP) is 3.53. The lowest BCUT2D eigenvalue weighted by Crippen LogP contribution is -2.16. The van der Waals surface area contributed by atoms with Crippen molar-refractivity contribution in [1.82, 2.24) is 0 Å². The smallest absolute Gasteiger partial charge is 0.307 e. The number of carbonyl (C=O) groups excluding carboxylic acids is 1. The molecule has 21 heavy (non-hydrogen) atoms. The highest BCUT2D eigenvalue weighted by atomic mass is 16.5. The topological polar surface area (TPSA) is 52.3 Å². The summed E-state index contributed by atoms with van der Waals surface area (Å²) in [6.07, 6.45) is 0.187. The summed E-state index contributed by atoms with van der Waals surface area (Å²) in [6.45, 7) is 4.20. The number of hydrogen-bond acceptors (Lipinski definition) is 3. The quantitative estimate of drug-likeness (QED) is 0.873. The zero-order chi connectivity index (χ0) is 15.4. The minimum atomic E-state index is -0.346. The van der Waals surface area contributed by atoms with Crippen molar-refractivity contribution in [1.29, 1.82) is 0 Å². The number of rotatable bonds is 4. The average Bonchev–Trinajstić information content (AvgIpc) is 2.47. The second kappa shape index (κ2) is 6.55. The van der Waals surface area contributed by atoms with Crippen molar-refractivity contribution in [3.8, 4) is 11.1 Å². The first-order valence-electron chi connectivity index (χ1n) is 7.02. The Bertz CT molecular complexity index is 629. The normalized spacial score (nSPS) is 12.0. The molecule has 0 aliphatic carbocycles. The first-order valence-corrected chi connectivity index (χ1v) is 7.02. The molecule has 0 spiro atoms. The third-order valence-electron chi connectivity index (χ3n) is 3.70. The van der Waals surface area contributed by atoms with Crippen LogP contribution in [-0.4, -0.2) is 13.1 Å². The van der Waals surface area contributed by atoms with Gasteiger partial charge in [-0.2, -0.15) is 0 Å². The van der Waals surface area contributed by atoms with E-state index in [0.29, 0.717) is 0 Å². The Balaban J connectivity index is 2.36. The fourth-order valence-electron chi connectivity index (χ4n) is 2.58. The Hall–Kier alpha value is -2.13. The number of hydrogen-bond donors (Lipinski definition) is 1. The second-order valence-electron chi connectivity index (χ2n) is 5.28. The summed E-state index contributed by atoms with van der Waals surface area (Å²) in [7, 11) is 1.38. The Morgan fingerprint density at radius 3 is 2.38 bits per heavy atom. The van der Waals surface area contributed by atoms with Gasteiger partial charge in [0, 0.05) is 6.04 Å². The van der Waals surface area contributed by atoms with Gasteiger partial charge < -0.3 is 10.5 Å². The van der Waals surface area contributed by atoms with Gasteiger partial charge in [-0.05, 0) is 47.7 Å². The Morgan fingerprint density at radius 1 is 1.14 bits per heavy atom. The highest BCUT2D eigenvalue weighted by Crippen LogP contribution is 2.29. The van der Waals surface area contributed by atoms with Crippen LogP contribution in [-0.2, 0) is 9.53 Å². The van der Waals surface area contributed by atoms with Gasteiger partial charge in [-0.25, -0.2) is 0 Å². The van der Waals surface area contributed by atoms with Crippen LogP contribution in [0, 0.1) is 13.8 Å². The van der Waals surface area contributed by atoms with E-state index in [9.17, 15) is 4.79 Å². The summed E-state index contributed by atoms with van der Waals surface area (Å²) in [6, 6.07) is 14.0. The molecule has 3 heteroatoms. The molecule has 0 heterocycles. The highest BCUT2D eigenvalue weighted by Gasteiger charge is 2.13. The third kappa shape index (κ3) is 3.50. The van der Waals surface area contributed by atoms with Crippen LogP contribution in [0.25, 0.3) is 11.1 Å². The zero-order valence-electron chi connectivity index (χ0n) is 12.7. The van der Waals surface area contributed by atoms with Gasteiger partial charge in [0.2, 0.25) is 0 Å². The first-order chi connectivity index (χ1) is 10.0. The highest BCUT2D eigenvalue weighted by molar-refractivity contribution is 5.72. The summed E-state index contributed by atoms with van der Waals surface area (Å²) in [4.78, 5) is 11.4. The molecular weight excluding hydrogens is 262 g/mol. The molecular formula is C18H21NO2. The van der Waals surface area contributed by atoms with Gasteiger partial charge in [-0.1, -0.05) is 36.4 Å². The van der Waals surface area contributed by atoms with Gasteiger partial charge in [-0.15, -0.1) is 0 Å². The fourth-order valence-corrected chi connectivity index (χ4v) is 2.58. The molecule has 2 rings (SSSR count). The summed E-state index contributed by atoms with van der Waals surface area (Å²) >= 11 is 0. The molecule has 0 fully saturated rings. The average molecular weight is 283 g/mol. The van der Waals surface area contributed by atoms with Crippen molar-refractivity contribution in [2.45, 2.75) is 26.3 Å². The van der Waals surface area contributed by atoms with E-state index in [0.717, 1.165) is 11.1 Å². The van der Waals surface area contributed by atoms with E-state index in [1.165, 1.54) is 23.8 Å². The first kappa shape index (κ1) is 15.3. The molecule has 2 N–H and O–H groups in total. The van der Waals surface area contributed by atoms with Crippen molar-refractivity contribution >= 4 is 5.97 Å². The van der Waals surface area contributed by atoms with Crippen molar-refractivity contribution in [2.24, 2.45) is 5.73 Å². The molecule has 3 nitrogen and oxygen atoms in total. The van der Waals surface area contributed by atoms with Crippen LogP contribution in [0.4, 0.5) is 0 Å². The number of nitrogens with two attached hydrogens (primary N) is 1. The van der Waals surface area contributed by atoms with E-state index in [1.54, 1.807) is 0 Å². The molecule has 0 aliphatic rings. The van der Waals surface area contributed by atoms with Crippen LogP contribution >= 0.6 is 0 Å². The van der Waals surface area contributed by atoms with Gasteiger partial charge in [0.25, 0.3) is 0 Å². The molecule has 0 aromatic heterocycles. The van der Waals surface area contributed by atoms with Gasteiger partial charge in [-0.3, -0.25) is 4.79 Å². The van der Waals surface area contributed by atoms with Crippen molar-refractivity contribution in [3.05, 3.63) is 59.2 Å². The maximum Gasteiger partial charge on any atom is 0.307 e. The Labute approximate surface area is 125 Å². The summed E-state index contributed by atoms with van der Waals surface area (Å²) in [5, 5.41) is 0. The lowest BCUT2D eigenvalue weighted by Gasteiger charge is -2.14. The molecule has 0 saturated heterocycles. The van der Waals surface area contributed by atoms with Crippen LogP contribution in [0.5, 0.6) is 0 Å². The summed E-state index contributed by atoms with van der Waals surface area (Å²) in [5.74, 6) is -0.292. The lowest BCUT2D eigenvalue weighted by atomic mass is 9.93. The molecule has 0 aliphatic heterocycles. The molecule has 110 valence electrons. The van der Waals surface area contributed by atoms with Crippen LogP contribution in [0.1, 0.15) is 29.2 Å². The van der Waals surface area contributed by atoms with E-state index in [-0.39, 0.29) is 18.4 Å². The van der Waals surface area contributed by atoms with Crippen LogP contribution in [0.3, 0.4) is 0 Å². The number of aryl methyl sites for hydroxylation is 2. The summed E-state index contributed by atoms with van der Waals surface area (Å²) in [5.41, 5.74) is 11.9. The third-order valence-corrected chi connectivity index (χ3v) is 3.70. The van der Waals surface area contributed by atoms with Crippen LogP contribution in [0.2, 0.25) is 0 Å². The second-order valence-corrected chi connectivity index (χ2v) is 5.28. The zero-order valence-corrected chi connectivity index (χ0v) is 12.7. The number of ether oxygens (including phenoxy) is 1. The maximum atomic E-state index is 11.4. The van der Waals surface area contributed by atoms with E-state index in [4.69, 9.17) is 5.73 Å². The predicted molar refractivity (Wildman–Crippen MR) is 84.9 cm³/mol. The Kier molecular flexibility index (Phi) is 4.76. The largest absolute Gasteiger partial charge is 0.469 e. The minimum absolute atomic E-state index is 0.187. The number of carbonyl (C=O) groups is 1. The van der Waals surface area contributed by atoms with Crippen molar-refractivity contribution in [3.63, 3.8) is 0 Å². The molecule has 0 bridgehead atoms. The fraction of sp³-hybridized carbons (Fsp3) is 0.278. The van der Waals surface area contributed by atoms with E-state index >= 15 is 0 Å². The van der Waals surface area contributed by atoms with Crippen LogP contribution in [0.15, 0.2) is 42.5 Å². The van der Waals surface area contributed by atoms with E-state index in [2.05, 4.69) is 48.9 Å². The molecule has 2 aromatic carbocycles. The Morgan fingerprint density at radius 2 is 1.76 bits per heavy atom. The van der Waals surface area contributed by atoms with Crippen molar-refractivity contribution in [2.75, 3.05) is 7.11 Å².